The van der Waals surface area contributed by atoms with E-state index in [4.69, 9.17) is 0 Å². The molecule has 0 unspecified atom stereocenters. The van der Waals surface area contributed by atoms with E-state index < -0.39 is 15.8 Å². The summed E-state index contributed by atoms with van der Waals surface area (Å²) in [4.78, 5) is 6.51. The molecule has 10 heteroatoms. The van der Waals surface area contributed by atoms with E-state index in [0.717, 1.165) is 5.69 Å². The summed E-state index contributed by atoms with van der Waals surface area (Å²) in [5.74, 6) is 1.50. The van der Waals surface area contributed by atoms with Gasteiger partial charge in [-0.1, -0.05) is 6.07 Å². The summed E-state index contributed by atoms with van der Waals surface area (Å²) < 4.78 is 40.7. The molecule has 0 radical (unpaired) electrons. The molecule has 1 aromatic carbocycles. The average molecular weight is 443 g/mol. The first-order chi connectivity index (χ1) is 14.8. The van der Waals surface area contributed by atoms with E-state index in [-0.39, 0.29) is 4.90 Å². The van der Waals surface area contributed by atoms with E-state index in [0.29, 0.717) is 49.2 Å². The van der Waals surface area contributed by atoms with Crippen LogP contribution in [-0.2, 0) is 10.0 Å². The molecule has 1 aliphatic rings. The Kier molecular flexibility index (Phi) is 5.84. The molecule has 1 aliphatic heterocycles. The van der Waals surface area contributed by atoms with Gasteiger partial charge >= 0.3 is 0 Å². The molecule has 4 rings (SSSR count). The van der Waals surface area contributed by atoms with E-state index in [1.54, 1.807) is 6.92 Å². The number of aromatic nitrogens is 3. The molecule has 8 nitrogen and oxygen atoms in total. The maximum absolute atomic E-state index is 13.3. The fourth-order valence-corrected chi connectivity index (χ4v) is 5.13. The third-order valence-corrected chi connectivity index (χ3v) is 7.17. The number of piperazine rings is 1. The van der Waals surface area contributed by atoms with Crippen molar-refractivity contribution in [2.45, 2.75) is 18.7 Å². The molecule has 0 spiro atoms. The van der Waals surface area contributed by atoms with Crippen LogP contribution in [0, 0.1) is 19.7 Å². The van der Waals surface area contributed by atoms with Crippen molar-refractivity contribution in [1.82, 2.24) is 19.5 Å². The number of rotatable bonds is 5. The van der Waals surface area contributed by atoms with E-state index in [1.807, 2.05) is 42.2 Å². The molecule has 1 saturated heterocycles. The van der Waals surface area contributed by atoms with Crippen LogP contribution in [0.2, 0.25) is 0 Å². The summed E-state index contributed by atoms with van der Waals surface area (Å²) >= 11 is 0. The second-order valence-electron chi connectivity index (χ2n) is 7.37. The number of anilines is 3. The van der Waals surface area contributed by atoms with Gasteiger partial charge in [-0.25, -0.2) is 17.8 Å². The zero-order chi connectivity index (χ0) is 22.0. The van der Waals surface area contributed by atoms with E-state index in [9.17, 15) is 12.8 Å². The Morgan fingerprint density at radius 1 is 0.935 bits per heavy atom. The fourth-order valence-electron chi connectivity index (χ4n) is 3.50. The first kappa shape index (κ1) is 21.1. The highest BCUT2D eigenvalue weighted by Crippen LogP contribution is 2.23. The van der Waals surface area contributed by atoms with Crippen molar-refractivity contribution >= 4 is 27.5 Å². The lowest BCUT2D eigenvalue weighted by molar-refractivity contribution is 0.383. The van der Waals surface area contributed by atoms with Gasteiger partial charge in [0.25, 0.3) is 0 Å². The van der Waals surface area contributed by atoms with E-state index in [2.05, 4.69) is 20.5 Å². The second kappa shape index (κ2) is 8.56. The summed E-state index contributed by atoms with van der Waals surface area (Å²) in [5, 5.41) is 11.6. The number of nitrogens with one attached hydrogen (secondary N) is 1. The molecular formula is C21H23FN6O2S. The number of hydrogen-bond donors (Lipinski definition) is 1. The third-order valence-electron chi connectivity index (χ3n) is 5.11. The summed E-state index contributed by atoms with van der Waals surface area (Å²) in [6, 6.07) is 13.1. The van der Waals surface area contributed by atoms with E-state index >= 15 is 0 Å². The molecular weight excluding hydrogens is 419 g/mol. The zero-order valence-corrected chi connectivity index (χ0v) is 18.1. The van der Waals surface area contributed by atoms with Crippen LogP contribution in [0.15, 0.2) is 53.4 Å². The number of nitrogens with zero attached hydrogens (tertiary/aromatic N) is 5. The van der Waals surface area contributed by atoms with Crippen LogP contribution in [0.3, 0.4) is 0 Å². The first-order valence-corrected chi connectivity index (χ1v) is 11.3. The molecule has 3 aromatic rings. The number of hydrogen-bond acceptors (Lipinski definition) is 7. The first-order valence-electron chi connectivity index (χ1n) is 9.88. The Labute approximate surface area is 180 Å². The minimum atomic E-state index is -3.67. The highest BCUT2D eigenvalue weighted by Gasteiger charge is 2.30. The van der Waals surface area contributed by atoms with Crippen LogP contribution in [0.5, 0.6) is 0 Å². The van der Waals surface area contributed by atoms with E-state index in [1.165, 1.54) is 22.5 Å². The van der Waals surface area contributed by atoms with Gasteiger partial charge in [-0.2, -0.15) is 4.31 Å². The quantitative estimate of drug-likeness (QED) is 0.650. The number of benzene rings is 1. The SMILES string of the molecule is Cc1cccc(Nc2ccc(N3CCN(S(=O)(=O)c4ccc(F)cc4C)CC3)nn2)n1. The van der Waals surface area contributed by atoms with Gasteiger partial charge in [-0.3, -0.25) is 0 Å². The van der Waals surface area contributed by atoms with Gasteiger partial charge in [0.2, 0.25) is 10.0 Å². The topological polar surface area (TPSA) is 91.3 Å². The van der Waals surface area contributed by atoms with Gasteiger partial charge in [0.1, 0.15) is 11.6 Å². The molecule has 1 fully saturated rings. The van der Waals surface area contributed by atoms with Gasteiger partial charge in [-0.05, 0) is 61.9 Å². The summed E-state index contributed by atoms with van der Waals surface area (Å²) in [7, 11) is -3.67. The van der Waals surface area contributed by atoms with Gasteiger partial charge < -0.3 is 10.2 Å². The van der Waals surface area contributed by atoms with Crippen LogP contribution in [0.4, 0.5) is 21.8 Å². The van der Waals surface area contributed by atoms with Crippen LogP contribution >= 0.6 is 0 Å². The standard InChI is InChI=1S/C21H23FN6O2S/c1-15-14-17(22)6-7-18(15)31(29,30)28-12-10-27(11-13-28)21-9-8-20(25-26-21)24-19-5-3-4-16(2)23-19/h3-9,14H,10-13H2,1-2H3,(H,23,24,25). The molecule has 3 heterocycles. The summed E-state index contributed by atoms with van der Waals surface area (Å²) in [6.45, 7) is 5.11. The van der Waals surface area contributed by atoms with Crippen LogP contribution in [0.1, 0.15) is 11.3 Å². The van der Waals surface area contributed by atoms with Gasteiger partial charge in [0.15, 0.2) is 11.6 Å². The molecule has 0 aliphatic carbocycles. The molecule has 0 bridgehead atoms. The van der Waals surface area contributed by atoms with Crippen molar-refractivity contribution in [3.63, 3.8) is 0 Å². The van der Waals surface area contributed by atoms with Crippen LogP contribution in [-0.4, -0.2) is 54.1 Å². The van der Waals surface area contributed by atoms with Crippen molar-refractivity contribution in [1.29, 1.82) is 0 Å². The monoisotopic (exact) mass is 442 g/mol. The molecule has 1 N–H and O–H groups in total. The van der Waals surface area contributed by atoms with Gasteiger partial charge in [-0.15, -0.1) is 10.2 Å². The lowest BCUT2D eigenvalue weighted by Gasteiger charge is -2.34. The predicted octanol–water partition coefficient (Wildman–Crippen LogP) is 2.88. The number of halogens is 1. The Morgan fingerprint density at radius 2 is 1.71 bits per heavy atom. The lowest BCUT2D eigenvalue weighted by atomic mass is 10.2. The molecule has 162 valence electrons. The minimum absolute atomic E-state index is 0.141. The maximum Gasteiger partial charge on any atom is 0.243 e. The van der Waals surface area contributed by atoms with Crippen molar-refractivity contribution in [2.75, 3.05) is 36.4 Å². The second-order valence-corrected chi connectivity index (χ2v) is 9.27. The normalized spacial score (nSPS) is 15.1. The largest absolute Gasteiger partial charge is 0.352 e. The maximum atomic E-state index is 13.3. The number of sulfonamides is 1. The third kappa shape index (κ3) is 4.64. The Balaban J connectivity index is 1.40. The highest BCUT2D eigenvalue weighted by molar-refractivity contribution is 7.89. The van der Waals surface area contributed by atoms with Crippen molar-refractivity contribution in [3.05, 3.63) is 65.6 Å². The molecule has 0 saturated carbocycles. The smallest absolute Gasteiger partial charge is 0.243 e. The predicted molar refractivity (Wildman–Crippen MR) is 116 cm³/mol. The average Bonchev–Trinajstić information content (AvgIpc) is 2.74. The van der Waals surface area contributed by atoms with Gasteiger partial charge in [0.05, 0.1) is 4.90 Å². The highest BCUT2D eigenvalue weighted by atomic mass is 32.2. The molecule has 0 atom stereocenters. The molecule has 31 heavy (non-hydrogen) atoms. The van der Waals surface area contributed by atoms with Gasteiger partial charge in [0, 0.05) is 31.9 Å². The lowest BCUT2D eigenvalue weighted by Crippen LogP contribution is -2.49. The number of pyridine rings is 1. The van der Waals surface area contributed by atoms with Crippen LogP contribution < -0.4 is 10.2 Å². The fraction of sp³-hybridized carbons (Fsp3) is 0.286. The van der Waals surface area contributed by atoms with Crippen LogP contribution in [0.25, 0.3) is 0 Å². The zero-order valence-electron chi connectivity index (χ0n) is 17.3. The summed E-state index contributed by atoms with van der Waals surface area (Å²) in [5.41, 5.74) is 1.30. The molecule has 0 amide bonds. The summed E-state index contributed by atoms with van der Waals surface area (Å²) in [6.07, 6.45) is 0. The number of aryl methyl sites for hydroxylation is 2. The van der Waals surface area contributed by atoms with Crippen molar-refractivity contribution < 1.29 is 12.8 Å². The Bertz CT molecular complexity index is 1180. The van der Waals surface area contributed by atoms with Crippen molar-refractivity contribution in [3.8, 4) is 0 Å². The minimum Gasteiger partial charge on any atom is -0.352 e. The Hall–Kier alpha value is -3.11. The Morgan fingerprint density at radius 3 is 2.35 bits per heavy atom. The molecule has 2 aromatic heterocycles. The van der Waals surface area contributed by atoms with Crippen molar-refractivity contribution in [2.24, 2.45) is 0 Å².